The monoisotopic (exact) mass is 754 g/mol. The predicted octanol–water partition coefficient (Wildman–Crippen LogP) is 7.26. The van der Waals surface area contributed by atoms with Crippen LogP contribution < -0.4 is 10.6 Å². The van der Waals surface area contributed by atoms with Crippen LogP contribution in [0.25, 0.3) is 33.6 Å². The minimum absolute atomic E-state index is 0.180. The van der Waals surface area contributed by atoms with Crippen LogP contribution in [0.1, 0.15) is 89.8 Å². The lowest BCUT2D eigenvalue weighted by molar-refractivity contribution is -0.138. The molecule has 4 aromatic heterocycles. The Bertz CT molecular complexity index is 2240. The van der Waals surface area contributed by atoms with Crippen LogP contribution in [0.2, 0.25) is 0 Å². The second-order valence-electron chi connectivity index (χ2n) is 16.3. The van der Waals surface area contributed by atoms with Crippen LogP contribution in [-0.2, 0) is 16.1 Å². The van der Waals surface area contributed by atoms with Crippen LogP contribution in [0.4, 0.5) is 0 Å². The van der Waals surface area contributed by atoms with Crippen LogP contribution in [0, 0.1) is 16.2 Å². The molecule has 0 saturated heterocycles. The van der Waals surface area contributed by atoms with E-state index in [1.165, 1.54) is 0 Å². The molecule has 0 aliphatic carbocycles. The van der Waals surface area contributed by atoms with Gasteiger partial charge in [-0.05, 0) is 68.5 Å². The van der Waals surface area contributed by atoms with Gasteiger partial charge in [-0.25, -0.2) is 9.97 Å². The van der Waals surface area contributed by atoms with Crippen molar-refractivity contribution < 1.29 is 19.8 Å². The maximum Gasteiger partial charge on any atom is 0.229 e. The van der Waals surface area contributed by atoms with Gasteiger partial charge >= 0.3 is 0 Å². The van der Waals surface area contributed by atoms with Gasteiger partial charge in [0.25, 0.3) is 0 Å². The molecule has 0 spiro atoms. The van der Waals surface area contributed by atoms with Crippen molar-refractivity contribution in [1.29, 1.82) is 0 Å². The van der Waals surface area contributed by atoms with Gasteiger partial charge in [-0.2, -0.15) is 0 Å². The number of nitrogens with one attached hydrogen (secondary N) is 4. The summed E-state index contributed by atoms with van der Waals surface area (Å²) >= 11 is 0. The standard InChI is InChI=1S/C44H50N8O4/c1-42(2,3)36(52-41(56)44(6,7)38(54)32-13-9-11-23-46-32)39-48-25-34(51-39)30-20-16-28(17-21-30)27-14-18-29(19-15-27)33-24-47-35(50-33)26-49-40(55)43(4,5)37(53)31-12-8-10-22-45-31/h8-25,36-38,53-54H,26H2,1-7H3,(H,47,50)(H,48,51)(H,49,55)(H,52,56). The highest BCUT2D eigenvalue weighted by molar-refractivity contribution is 5.83. The number of aromatic amines is 2. The number of aliphatic hydroxyl groups excluding tert-OH is 2. The third kappa shape index (κ3) is 8.61. The first-order valence-corrected chi connectivity index (χ1v) is 18.6. The lowest BCUT2D eigenvalue weighted by Crippen LogP contribution is -2.46. The van der Waals surface area contributed by atoms with E-state index in [1.54, 1.807) is 82.7 Å². The van der Waals surface area contributed by atoms with Crippen LogP contribution in [0.3, 0.4) is 0 Å². The van der Waals surface area contributed by atoms with Gasteiger partial charge in [0.1, 0.15) is 23.9 Å². The van der Waals surface area contributed by atoms with Gasteiger partial charge in [0.15, 0.2) is 0 Å². The Balaban J connectivity index is 1.08. The van der Waals surface area contributed by atoms with Crippen LogP contribution >= 0.6 is 0 Å². The highest BCUT2D eigenvalue weighted by Gasteiger charge is 2.41. The Hall–Kier alpha value is -5.98. The lowest BCUT2D eigenvalue weighted by Gasteiger charge is -2.35. The SMILES string of the molecule is CC(C)(C)C(NC(=O)C(C)(C)C(O)c1ccccn1)c1nc(-c2ccc(-c3ccc(-c4c[nH]c(CNC(=O)C(C)(C)C(O)c5ccccn5)n4)cc3)cc2)c[nH]1. The summed E-state index contributed by atoms with van der Waals surface area (Å²) in [6.07, 6.45) is 4.69. The highest BCUT2D eigenvalue weighted by Crippen LogP contribution is 2.38. The molecule has 4 heterocycles. The average molecular weight is 755 g/mol. The van der Waals surface area contributed by atoms with Crippen molar-refractivity contribution in [3.8, 4) is 33.6 Å². The van der Waals surface area contributed by atoms with Crippen LogP contribution in [-0.4, -0.2) is 51.9 Å². The van der Waals surface area contributed by atoms with Gasteiger partial charge in [-0.3, -0.25) is 19.6 Å². The molecule has 12 nitrogen and oxygen atoms in total. The number of H-pyrrole nitrogens is 2. The van der Waals surface area contributed by atoms with E-state index in [-0.39, 0.29) is 23.8 Å². The first-order valence-electron chi connectivity index (χ1n) is 18.6. The Morgan fingerprint density at radius 3 is 1.57 bits per heavy atom. The van der Waals surface area contributed by atoms with Gasteiger partial charge in [-0.1, -0.05) is 81.4 Å². The number of carbonyl (C=O) groups excluding carboxylic acids is 2. The van der Waals surface area contributed by atoms with Gasteiger partial charge in [0.05, 0.1) is 46.2 Å². The Morgan fingerprint density at radius 1 is 0.625 bits per heavy atom. The summed E-state index contributed by atoms with van der Waals surface area (Å²) in [6.45, 7) is 13.1. The van der Waals surface area contributed by atoms with E-state index in [9.17, 15) is 19.8 Å². The molecule has 6 N–H and O–H groups in total. The molecule has 2 aromatic carbocycles. The molecule has 6 rings (SSSR count). The molecule has 0 bridgehead atoms. The van der Waals surface area contributed by atoms with E-state index in [1.807, 2.05) is 75.5 Å². The molecule has 6 aromatic rings. The van der Waals surface area contributed by atoms with E-state index in [0.29, 0.717) is 23.0 Å². The fraction of sp³-hybridized carbons (Fsp3) is 0.318. The number of amides is 2. The number of benzene rings is 2. The number of pyridine rings is 2. The molecule has 0 fully saturated rings. The quantitative estimate of drug-likeness (QED) is 0.0712. The van der Waals surface area contributed by atoms with E-state index in [2.05, 4.69) is 35.6 Å². The summed E-state index contributed by atoms with van der Waals surface area (Å²) < 4.78 is 0. The molecule has 290 valence electrons. The van der Waals surface area contributed by atoms with Crippen molar-refractivity contribution in [2.45, 2.75) is 73.3 Å². The Kier molecular flexibility index (Phi) is 11.4. The summed E-state index contributed by atoms with van der Waals surface area (Å²) in [5.74, 6) is 0.597. The number of aliphatic hydroxyl groups is 2. The van der Waals surface area contributed by atoms with E-state index in [4.69, 9.17) is 4.98 Å². The number of aromatic nitrogens is 6. The third-order valence-electron chi connectivity index (χ3n) is 10.2. The fourth-order valence-electron chi connectivity index (χ4n) is 6.37. The third-order valence-corrected chi connectivity index (χ3v) is 10.2. The van der Waals surface area contributed by atoms with Crippen molar-refractivity contribution in [2.24, 2.45) is 16.2 Å². The number of hydrogen-bond donors (Lipinski definition) is 6. The van der Waals surface area contributed by atoms with Gasteiger partial charge < -0.3 is 30.8 Å². The fourth-order valence-corrected chi connectivity index (χ4v) is 6.37. The first-order chi connectivity index (χ1) is 26.6. The van der Waals surface area contributed by atoms with Crippen molar-refractivity contribution in [1.82, 2.24) is 40.5 Å². The highest BCUT2D eigenvalue weighted by atomic mass is 16.3. The average Bonchev–Trinajstić information content (AvgIpc) is 3.89. The molecule has 3 unspecified atom stereocenters. The first kappa shape index (κ1) is 39.7. The molecule has 0 aliphatic rings. The summed E-state index contributed by atoms with van der Waals surface area (Å²) in [4.78, 5) is 51.1. The van der Waals surface area contributed by atoms with Crippen molar-refractivity contribution in [3.63, 3.8) is 0 Å². The summed E-state index contributed by atoms with van der Waals surface area (Å²) in [5, 5.41) is 27.9. The van der Waals surface area contributed by atoms with Gasteiger partial charge in [0.2, 0.25) is 11.8 Å². The van der Waals surface area contributed by atoms with Crippen molar-refractivity contribution in [3.05, 3.63) is 133 Å². The molecule has 0 radical (unpaired) electrons. The largest absolute Gasteiger partial charge is 0.386 e. The Morgan fingerprint density at radius 2 is 1.09 bits per heavy atom. The van der Waals surface area contributed by atoms with Gasteiger partial charge in [0, 0.05) is 35.9 Å². The molecular weight excluding hydrogens is 705 g/mol. The van der Waals surface area contributed by atoms with Crippen molar-refractivity contribution in [2.75, 3.05) is 0 Å². The molecule has 3 atom stereocenters. The minimum Gasteiger partial charge on any atom is -0.386 e. The zero-order chi connectivity index (χ0) is 40.3. The number of rotatable bonds is 13. The Labute approximate surface area is 327 Å². The minimum atomic E-state index is -1.15. The van der Waals surface area contributed by atoms with E-state index in [0.717, 1.165) is 33.6 Å². The van der Waals surface area contributed by atoms with E-state index >= 15 is 0 Å². The van der Waals surface area contributed by atoms with E-state index < -0.39 is 29.1 Å². The second-order valence-corrected chi connectivity index (χ2v) is 16.3. The van der Waals surface area contributed by atoms with Crippen LogP contribution in [0.5, 0.6) is 0 Å². The summed E-state index contributed by atoms with van der Waals surface area (Å²) in [7, 11) is 0. The smallest absolute Gasteiger partial charge is 0.229 e. The molecule has 0 aliphatic heterocycles. The van der Waals surface area contributed by atoms with Crippen LogP contribution in [0.15, 0.2) is 110 Å². The normalized spacial score (nSPS) is 13.8. The molecule has 12 heteroatoms. The summed E-state index contributed by atoms with van der Waals surface area (Å²) in [5.41, 5.74) is 3.64. The number of nitrogens with zero attached hydrogens (tertiary/aromatic N) is 4. The number of imidazole rings is 2. The van der Waals surface area contributed by atoms with Gasteiger partial charge in [-0.15, -0.1) is 0 Å². The molecule has 56 heavy (non-hydrogen) atoms. The predicted molar refractivity (Wildman–Crippen MR) is 215 cm³/mol. The number of hydrogen-bond acceptors (Lipinski definition) is 8. The summed E-state index contributed by atoms with van der Waals surface area (Å²) in [6, 6.07) is 26.3. The maximum atomic E-state index is 13.6. The maximum absolute atomic E-state index is 13.6. The topological polar surface area (TPSA) is 182 Å². The zero-order valence-electron chi connectivity index (χ0n) is 32.8. The second kappa shape index (κ2) is 16.0. The zero-order valence-corrected chi connectivity index (χ0v) is 32.8. The lowest BCUT2D eigenvalue weighted by atomic mass is 9.81. The molecular formula is C44H50N8O4. The molecule has 0 saturated carbocycles. The molecule has 2 amide bonds. The number of carbonyl (C=O) groups is 2. The van der Waals surface area contributed by atoms with Crippen molar-refractivity contribution >= 4 is 11.8 Å².